The molecule has 8 heteroatoms. The number of nitrogens with zero attached hydrogens (tertiary/aromatic N) is 2. The zero-order valence-electron chi connectivity index (χ0n) is 18.0. The Hall–Kier alpha value is -0.710. The summed E-state index contributed by atoms with van der Waals surface area (Å²) in [4.78, 5) is 6.68. The number of nitrogens with one attached hydrogen (secondary N) is 1. The Balaban J connectivity index is 0.00000320. The molecule has 1 aromatic carbocycles. The smallest absolute Gasteiger partial charge is 0.193 e. The van der Waals surface area contributed by atoms with E-state index in [4.69, 9.17) is 9.47 Å². The highest BCUT2D eigenvalue weighted by atomic mass is 127. The Kier molecular flexibility index (Phi) is 12.2. The molecule has 2 aliphatic heterocycles. The lowest BCUT2D eigenvalue weighted by molar-refractivity contribution is -0.0721. The van der Waals surface area contributed by atoms with Crippen molar-refractivity contribution in [2.45, 2.75) is 50.1 Å². The topological polar surface area (TPSA) is 63.2 Å². The summed E-state index contributed by atoms with van der Waals surface area (Å²) in [6.07, 6.45) is 6.17. The summed E-state index contributed by atoms with van der Waals surface area (Å²) >= 11 is 0. The van der Waals surface area contributed by atoms with Crippen LogP contribution in [0.2, 0.25) is 0 Å². The molecule has 2 heterocycles. The maximum atomic E-state index is 12.3. The fraction of sp³-hybridized carbons (Fsp3) is 0.682. The first-order valence-corrected chi connectivity index (χ1v) is 12.3. The zero-order valence-corrected chi connectivity index (χ0v) is 21.1. The first kappa shape index (κ1) is 25.5. The summed E-state index contributed by atoms with van der Waals surface area (Å²) in [5.41, 5.74) is 1.12. The standard InChI is InChI=1S/C22H35N3O3S.HI/c1-23-22(24-12-16-29(26)18-19-7-3-2-4-8-19)25-13-10-20(11-14-25)28-17-21-9-5-6-15-27-21;/h2-4,7-8,20-21H,5-6,9-18H2,1H3,(H,23,24);1H. The predicted molar refractivity (Wildman–Crippen MR) is 134 cm³/mol. The fourth-order valence-electron chi connectivity index (χ4n) is 3.86. The molecule has 0 radical (unpaired) electrons. The molecule has 0 aliphatic carbocycles. The van der Waals surface area contributed by atoms with Crippen LogP contribution in [0, 0.1) is 0 Å². The van der Waals surface area contributed by atoms with Crippen molar-refractivity contribution in [2.24, 2.45) is 4.99 Å². The summed E-state index contributed by atoms with van der Waals surface area (Å²) in [6.45, 7) is 4.14. The largest absolute Gasteiger partial charge is 0.376 e. The van der Waals surface area contributed by atoms with E-state index in [9.17, 15) is 4.21 Å². The third-order valence-corrected chi connectivity index (χ3v) is 6.84. The minimum atomic E-state index is -0.873. The molecule has 2 aliphatic rings. The van der Waals surface area contributed by atoms with Gasteiger partial charge in [-0.1, -0.05) is 30.3 Å². The fourth-order valence-corrected chi connectivity index (χ4v) is 4.90. The third kappa shape index (κ3) is 8.80. The number of aliphatic imine (C=N–C) groups is 1. The van der Waals surface area contributed by atoms with E-state index in [-0.39, 0.29) is 30.1 Å². The van der Waals surface area contributed by atoms with Crippen LogP contribution in [-0.2, 0) is 26.0 Å². The monoisotopic (exact) mass is 549 g/mol. The van der Waals surface area contributed by atoms with Gasteiger partial charge in [-0.3, -0.25) is 9.20 Å². The maximum Gasteiger partial charge on any atom is 0.193 e. The van der Waals surface area contributed by atoms with E-state index in [1.54, 1.807) is 0 Å². The first-order chi connectivity index (χ1) is 14.2. The molecule has 1 aromatic rings. The molecule has 0 aromatic heterocycles. The second-order valence-corrected chi connectivity index (χ2v) is 9.33. The number of ether oxygens (including phenoxy) is 2. The molecule has 3 rings (SSSR count). The van der Waals surface area contributed by atoms with E-state index >= 15 is 0 Å². The van der Waals surface area contributed by atoms with Crippen molar-refractivity contribution in [3.8, 4) is 0 Å². The lowest BCUT2D eigenvalue weighted by Gasteiger charge is -2.35. The molecule has 2 atom stereocenters. The second-order valence-electron chi connectivity index (χ2n) is 7.76. The van der Waals surface area contributed by atoms with Crippen molar-refractivity contribution >= 4 is 40.7 Å². The number of hydrogen-bond donors (Lipinski definition) is 1. The summed E-state index contributed by atoms with van der Waals surface area (Å²) in [5, 5.41) is 3.38. The van der Waals surface area contributed by atoms with Crippen LogP contribution in [0.5, 0.6) is 0 Å². The van der Waals surface area contributed by atoms with Gasteiger partial charge in [0.25, 0.3) is 0 Å². The van der Waals surface area contributed by atoms with Crippen LogP contribution in [0.15, 0.2) is 35.3 Å². The molecule has 30 heavy (non-hydrogen) atoms. The van der Waals surface area contributed by atoms with Crippen molar-refractivity contribution < 1.29 is 13.7 Å². The Bertz CT molecular complexity index is 648. The highest BCUT2D eigenvalue weighted by Crippen LogP contribution is 2.18. The summed E-state index contributed by atoms with van der Waals surface area (Å²) in [7, 11) is 0.938. The van der Waals surface area contributed by atoms with Crippen molar-refractivity contribution in [2.75, 3.05) is 45.6 Å². The molecule has 2 saturated heterocycles. The van der Waals surface area contributed by atoms with Crippen molar-refractivity contribution in [3.05, 3.63) is 35.9 Å². The van der Waals surface area contributed by atoms with E-state index in [2.05, 4.69) is 15.2 Å². The van der Waals surface area contributed by atoms with E-state index in [0.717, 1.165) is 57.1 Å². The van der Waals surface area contributed by atoms with Gasteiger partial charge in [0.15, 0.2) is 5.96 Å². The van der Waals surface area contributed by atoms with Gasteiger partial charge in [-0.25, -0.2) is 0 Å². The maximum absolute atomic E-state index is 12.3. The number of halogens is 1. The number of guanidine groups is 1. The minimum absolute atomic E-state index is 0. The third-order valence-electron chi connectivity index (χ3n) is 5.53. The van der Waals surface area contributed by atoms with Gasteiger partial charge in [0.05, 0.1) is 18.8 Å². The number of likely N-dealkylation sites (tertiary alicyclic amines) is 1. The lowest BCUT2D eigenvalue weighted by atomic mass is 10.1. The summed E-state index contributed by atoms with van der Waals surface area (Å²) in [6, 6.07) is 10.0. The van der Waals surface area contributed by atoms with Gasteiger partial charge in [-0.2, -0.15) is 0 Å². The van der Waals surface area contributed by atoms with Gasteiger partial charge in [-0.05, 0) is 37.7 Å². The summed E-state index contributed by atoms with van der Waals surface area (Å²) < 4.78 is 24.2. The molecular formula is C22H36IN3O3S. The van der Waals surface area contributed by atoms with E-state index in [1.165, 1.54) is 12.8 Å². The summed E-state index contributed by atoms with van der Waals surface area (Å²) in [5.74, 6) is 2.12. The zero-order chi connectivity index (χ0) is 20.3. The number of piperidine rings is 1. The van der Waals surface area contributed by atoms with Crippen molar-refractivity contribution in [1.82, 2.24) is 10.2 Å². The second kappa shape index (κ2) is 14.4. The molecule has 0 saturated carbocycles. The van der Waals surface area contributed by atoms with Crippen LogP contribution in [0.3, 0.4) is 0 Å². The van der Waals surface area contributed by atoms with Crippen LogP contribution < -0.4 is 5.32 Å². The number of benzene rings is 1. The minimum Gasteiger partial charge on any atom is -0.376 e. The average molecular weight is 550 g/mol. The number of rotatable bonds is 8. The highest BCUT2D eigenvalue weighted by molar-refractivity contribution is 14.0. The van der Waals surface area contributed by atoms with Gasteiger partial charge >= 0.3 is 0 Å². The molecule has 0 bridgehead atoms. The van der Waals surface area contributed by atoms with E-state index in [1.807, 2.05) is 37.4 Å². The molecule has 1 N–H and O–H groups in total. The van der Waals surface area contributed by atoms with E-state index in [0.29, 0.717) is 24.2 Å². The Labute approximate surface area is 200 Å². The molecule has 170 valence electrons. The molecule has 6 nitrogen and oxygen atoms in total. The average Bonchev–Trinajstić information content (AvgIpc) is 2.77. The van der Waals surface area contributed by atoms with Gasteiger partial charge in [-0.15, -0.1) is 24.0 Å². The van der Waals surface area contributed by atoms with Gasteiger partial charge in [0.2, 0.25) is 0 Å². The molecular weight excluding hydrogens is 513 g/mol. The molecule has 0 spiro atoms. The first-order valence-electron chi connectivity index (χ1n) is 10.8. The molecule has 0 amide bonds. The van der Waals surface area contributed by atoms with E-state index < -0.39 is 10.8 Å². The normalized spacial score (nSPS) is 21.7. The van der Waals surface area contributed by atoms with Crippen molar-refractivity contribution in [1.29, 1.82) is 0 Å². The van der Waals surface area contributed by atoms with Crippen LogP contribution >= 0.6 is 24.0 Å². The van der Waals surface area contributed by atoms with Gasteiger partial charge < -0.3 is 19.7 Å². The quantitative estimate of drug-likeness (QED) is 0.307. The predicted octanol–water partition coefficient (Wildman–Crippen LogP) is 3.18. The van der Waals surface area contributed by atoms with Gasteiger partial charge in [0, 0.05) is 55.6 Å². The Morgan fingerprint density at radius 2 is 2.00 bits per heavy atom. The van der Waals surface area contributed by atoms with Crippen LogP contribution in [0.25, 0.3) is 0 Å². The number of hydrogen-bond acceptors (Lipinski definition) is 4. The van der Waals surface area contributed by atoms with Crippen LogP contribution in [0.1, 0.15) is 37.7 Å². The molecule has 2 unspecified atom stereocenters. The van der Waals surface area contributed by atoms with Crippen LogP contribution in [0.4, 0.5) is 0 Å². The molecule has 2 fully saturated rings. The van der Waals surface area contributed by atoms with Gasteiger partial charge in [0.1, 0.15) is 0 Å². The van der Waals surface area contributed by atoms with Crippen LogP contribution in [-0.4, -0.2) is 72.9 Å². The Morgan fingerprint density at radius 3 is 2.67 bits per heavy atom. The lowest BCUT2D eigenvalue weighted by Crippen LogP contribution is -2.48. The Morgan fingerprint density at radius 1 is 1.23 bits per heavy atom. The SMILES string of the molecule is CN=C(NCCS(=O)Cc1ccccc1)N1CCC(OCC2CCCCO2)CC1.I. The van der Waals surface area contributed by atoms with Crippen molar-refractivity contribution in [3.63, 3.8) is 0 Å². The highest BCUT2D eigenvalue weighted by Gasteiger charge is 2.23.